The minimum absolute atomic E-state index is 0.102. The lowest BCUT2D eigenvalue weighted by molar-refractivity contribution is 0.138. The molecule has 1 atom stereocenters. The molecular weight excluding hydrogens is 336 g/mol. The van der Waals surface area contributed by atoms with Crippen LogP contribution in [0, 0.1) is 0 Å². The van der Waals surface area contributed by atoms with Gasteiger partial charge in [0.15, 0.2) is 0 Å². The maximum Gasteiger partial charge on any atom is 0.123 e. The number of ether oxygens (including phenoxy) is 1. The number of rotatable bonds is 2. The number of halogens is 2. The zero-order valence-corrected chi connectivity index (χ0v) is 13.8. The van der Waals surface area contributed by atoms with Crippen LogP contribution in [-0.2, 0) is 6.42 Å². The van der Waals surface area contributed by atoms with E-state index in [-0.39, 0.29) is 10.4 Å². The van der Waals surface area contributed by atoms with E-state index in [9.17, 15) is 0 Å². The summed E-state index contributed by atoms with van der Waals surface area (Å²) in [5.74, 6) is 0.998. The summed E-state index contributed by atoms with van der Waals surface area (Å²) in [6.07, 6.45) is 0.943. The van der Waals surface area contributed by atoms with E-state index in [4.69, 9.17) is 16.3 Å². The summed E-state index contributed by atoms with van der Waals surface area (Å²) in [4.78, 5) is 0.102. The molecule has 0 saturated heterocycles. The Morgan fingerprint density at radius 3 is 2.70 bits per heavy atom. The molecular formula is C17H16BrClO. The van der Waals surface area contributed by atoms with E-state index < -0.39 is 0 Å². The van der Waals surface area contributed by atoms with Gasteiger partial charge >= 0.3 is 0 Å². The predicted molar refractivity (Wildman–Crippen MR) is 87.1 cm³/mol. The molecule has 0 amide bonds. The largest absolute Gasteiger partial charge is 0.487 e. The second-order valence-corrected chi connectivity index (χ2v) is 7.11. The van der Waals surface area contributed by atoms with E-state index in [2.05, 4.69) is 54.0 Å². The van der Waals surface area contributed by atoms with Crippen LogP contribution in [0.3, 0.4) is 0 Å². The Bertz CT molecular complexity index is 651. The monoisotopic (exact) mass is 350 g/mol. The maximum atomic E-state index is 6.28. The molecule has 1 unspecified atom stereocenters. The minimum atomic E-state index is -0.104. The lowest BCUT2D eigenvalue weighted by atomic mass is 9.98. The lowest BCUT2D eigenvalue weighted by Crippen LogP contribution is -2.24. The standard InChI is InChI=1S/C17H16BrClO/c1-17(2)10-12-9-11(7-8-15(12)20-17)16(18)13-5-3-4-6-14(13)19/h3-9,16H,10H2,1-2H3. The highest BCUT2D eigenvalue weighted by molar-refractivity contribution is 9.09. The minimum Gasteiger partial charge on any atom is -0.487 e. The molecule has 0 radical (unpaired) electrons. The highest BCUT2D eigenvalue weighted by Gasteiger charge is 2.30. The first-order valence-corrected chi connectivity index (χ1v) is 7.96. The van der Waals surface area contributed by atoms with Crippen LogP contribution in [0.25, 0.3) is 0 Å². The van der Waals surface area contributed by atoms with Gasteiger partial charge in [-0.1, -0.05) is 57.9 Å². The van der Waals surface area contributed by atoms with Crippen LogP contribution in [0.5, 0.6) is 5.75 Å². The molecule has 0 aliphatic carbocycles. The third-order valence-electron chi connectivity index (χ3n) is 3.56. The molecule has 2 aromatic carbocycles. The molecule has 0 aromatic heterocycles. The van der Waals surface area contributed by atoms with E-state index >= 15 is 0 Å². The van der Waals surface area contributed by atoms with Gasteiger partial charge in [0.1, 0.15) is 11.4 Å². The summed E-state index contributed by atoms with van der Waals surface area (Å²) in [5.41, 5.74) is 3.46. The Hall–Kier alpha value is -0.990. The molecule has 104 valence electrons. The fourth-order valence-electron chi connectivity index (χ4n) is 2.65. The second-order valence-electron chi connectivity index (χ2n) is 5.79. The average molecular weight is 352 g/mol. The second kappa shape index (κ2) is 5.09. The van der Waals surface area contributed by atoms with Gasteiger partial charge in [-0.15, -0.1) is 0 Å². The van der Waals surface area contributed by atoms with Crippen molar-refractivity contribution in [2.24, 2.45) is 0 Å². The van der Waals surface area contributed by atoms with Crippen LogP contribution in [0.2, 0.25) is 5.02 Å². The zero-order valence-electron chi connectivity index (χ0n) is 11.5. The van der Waals surface area contributed by atoms with Gasteiger partial charge in [-0.3, -0.25) is 0 Å². The van der Waals surface area contributed by atoms with Gasteiger partial charge < -0.3 is 4.74 Å². The molecule has 20 heavy (non-hydrogen) atoms. The topological polar surface area (TPSA) is 9.23 Å². The Kier molecular flexibility index (Phi) is 3.55. The molecule has 3 heteroatoms. The molecule has 2 aromatic rings. The molecule has 0 fully saturated rings. The van der Waals surface area contributed by atoms with Crippen molar-refractivity contribution >= 4 is 27.5 Å². The molecule has 1 aliphatic heterocycles. The number of hydrogen-bond acceptors (Lipinski definition) is 1. The first-order chi connectivity index (χ1) is 9.46. The number of fused-ring (bicyclic) bond motifs is 1. The van der Waals surface area contributed by atoms with Crippen LogP contribution in [0.15, 0.2) is 42.5 Å². The van der Waals surface area contributed by atoms with Crippen molar-refractivity contribution in [2.75, 3.05) is 0 Å². The smallest absolute Gasteiger partial charge is 0.123 e. The van der Waals surface area contributed by atoms with Crippen LogP contribution in [0.1, 0.15) is 35.4 Å². The normalized spacial score (nSPS) is 17.4. The molecule has 0 N–H and O–H groups in total. The molecule has 3 rings (SSSR count). The average Bonchev–Trinajstić information content (AvgIpc) is 2.71. The van der Waals surface area contributed by atoms with Gasteiger partial charge in [0.25, 0.3) is 0 Å². The van der Waals surface area contributed by atoms with Gasteiger partial charge in [0, 0.05) is 11.4 Å². The van der Waals surface area contributed by atoms with Crippen LogP contribution in [-0.4, -0.2) is 5.60 Å². The van der Waals surface area contributed by atoms with Crippen LogP contribution >= 0.6 is 27.5 Å². The Balaban J connectivity index is 1.95. The molecule has 0 bridgehead atoms. The predicted octanol–water partition coefficient (Wildman–Crippen LogP) is 5.54. The van der Waals surface area contributed by atoms with Crippen molar-refractivity contribution in [3.05, 3.63) is 64.2 Å². The van der Waals surface area contributed by atoms with Gasteiger partial charge in [0.2, 0.25) is 0 Å². The maximum absolute atomic E-state index is 6.28. The Labute approximate surface area is 133 Å². The van der Waals surface area contributed by atoms with E-state index in [1.165, 1.54) is 11.1 Å². The molecule has 1 aliphatic rings. The number of hydrogen-bond donors (Lipinski definition) is 0. The summed E-state index contributed by atoms with van der Waals surface area (Å²) < 4.78 is 5.92. The Morgan fingerprint density at radius 1 is 1.20 bits per heavy atom. The highest BCUT2D eigenvalue weighted by atomic mass is 79.9. The number of benzene rings is 2. The third-order valence-corrected chi connectivity index (χ3v) is 4.92. The van der Waals surface area contributed by atoms with Crippen molar-refractivity contribution in [1.82, 2.24) is 0 Å². The van der Waals surface area contributed by atoms with Crippen LogP contribution in [0.4, 0.5) is 0 Å². The third kappa shape index (κ3) is 2.59. The highest BCUT2D eigenvalue weighted by Crippen LogP contribution is 2.40. The summed E-state index contributed by atoms with van der Waals surface area (Å²) in [5, 5.41) is 0.784. The molecule has 0 saturated carbocycles. The first-order valence-electron chi connectivity index (χ1n) is 6.67. The van der Waals surface area contributed by atoms with E-state index in [1.54, 1.807) is 0 Å². The summed E-state index contributed by atoms with van der Waals surface area (Å²) in [6.45, 7) is 4.23. The van der Waals surface area contributed by atoms with Crippen molar-refractivity contribution in [3.8, 4) is 5.75 Å². The van der Waals surface area contributed by atoms with E-state index in [0.29, 0.717) is 0 Å². The van der Waals surface area contributed by atoms with E-state index in [0.717, 1.165) is 22.8 Å². The summed E-state index contributed by atoms with van der Waals surface area (Å²) in [7, 11) is 0. The van der Waals surface area contributed by atoms with Gasteiger partial charge in [-0.05, 0) is 42.7 Å². The quantitative estimate of drug-likeness (QED) is 0.646. The first kappa shape index (κ1) is 14.0. The molecule has 1 nitrogen and oxygen atoms in total. The fourth-order valence-corrected chi connectivity index (χ4v) is 3.71. The SMILES string of the molecule is CC1(C)Cc2cc(C(Br)c3ccccc3Cl)ccc2O1. The Morgan fingerprint density at radius 2 is 1.95 bits per heavy atom. The molecule has 0 spiro atoms. The van der Waals surface area contributed by atoms with E-state index in [1.807, 2.05) is 18.2 Å². The van der Waals surface area contributed by atoms with Crippen molar-refractivity contribution in [3.63, 3.8) is 0 Å². The summed E-state index contributed by atoms with van der Waals surface area (Å²) in [6, 6.07) is 14.3. The number of alkyl halides is 1. The zero-order chi connectivity index (χ0) is 14.3. The summed E-state index contributed by atoms with van der Waals surface area (Å²) >= 11 is 10.0. The molecule has 1 heterocycles. The lowest BCUT2D eigenvalue weighted by Gasteiger charge is -2.16. The van der Waals surface area contributed by atoms with Gasteiger partial charge in [-0.2, -0.15) is 0 Å². The van der Waals surface area contributed by atoms with Crippen LogP contribution < -0.4 is 4.74 Å². The van der Waals surface area contributed by atoms with Gasteiger partial charge in [-0.25, -0.2) is 0 Å². The van der Waals surface area contributed by atoms with Crippen molar-refractivity contribution < 1.29 is 4.74 Å². The van der Waals surface area contributed by atoms with Gasteiger partial charge in [0.05, 0.1) is 4.83 Å². The van der Waals surface area contributed by atoms with Crippen molar-refractivity contribution in [1.29, 1.82) is 0 Å². The van der Waals surface area contributed by atoms with Crippen molar-refractivity contribution in [2.45, 2.75) is 30.7 Å². The fraction of sp³-hybridized carbons (Fsp3) is 0.294.